The third-order valence-electron chi connectivity index (χ3n) is 3.66. The Morgan fingerprint density at radius 2 is 2.13 bits per heavy atom. The van der Waals surface area contributed by atoms with E-state index in [0.29, 0.717) is 6.04 Å². The molecule has 0 spiro atoms. The van der Waals surface area contributed by atoms with Crippen LogP contribution in [0.3, 0.4) is 0 Å². The molecule has 1 unspecified atom stereocenters. The fourth-order valence-electron chi connectivity index (χ4n) is 2.79. The van der Waals surface area contributed by atoms with Crippen LogP contribution in [0.2, 0.25) is 0 Å². The minimum atomic E-state index is 0.579. The van der Waals surface area contributed by atoms with Crippen LogP contribution < -0.4 is 5.32 Å². The number of aromatic nitrogens is 2. The van der Waals surface area contributed by atoms with Gasteiger partial charge in [0.15, 0.2) is 0 Å². The van der Waals surface area contributed by atoms with Crippen LogP contribution >= 0.6 is 0 Å². The monoisotopic (exact) mass is 205 g/mol. The van der Waals surface area contributed by atoms with Crippen molar-refractivity contribution in [2.75, 3.05) is 0 Å². The molecule has 0 aliphatic heterocycles. The van der Waals surface area contributed by atoms with Crippen molar-refractivity contribution in [2.45, 2.75) is 51.1 Å². The van der Waals surface area contributed by atoms with E-state index in [9.17, 15) is 0 Å². The van der Waals surface area contributed by atoms with Gasteiger partial charge in [0.05, 0.1) is 5.69 Å². The van der Waals surface area contributed by atoms with Gasteiger partial charge in [-0.25, -0.2) is 0 Å². The van der Waals surface area contributed by atoms with Crippen LogP contribution in [0.1, 0.15) is 48.7 Å². The first-order chi connectivity index (χ1) is 7.25. The third-order valence-corrected chi connectivity index (χ3v) is 3.66. The maximum atomic E-state index is 4.55. The van der Waals surface area contributed by atoms with Gasteiger partial charge in [0.25, 0.3) is 0 Å². The molecule has 0 bridgehead atoms. The van der Waals surface area contributed by atoms with E-state index in [1.54, 1.807) is 0 Å². The molecule has 2 aliphatic rings. The van der Waals surface area contributed by atoms with E-state index in [-0.39, 0.29) is 0 Å². The highest BCUT2D eigenvalue weighted by Gasteiger charge is 2.30. The van der Waals surface area contributed by atoms with Crippen LogP contribution in [0.4, 0.5) is 0 Å². The Morgan fingerprint density at radius 3 is 2.87 bits per heavy atom. The van der Waals surface area contributed by atoms with Crippen LogP contribution in [-0.2, 0) is 13.5 Å². The van der Waals surface area contributed by atoms with Crippen molar-refractivity contribution in [1.82, 2.24) is 15.1 Å². The van der Waals surface area contributed by atoms with Gasteiger partial charge in [-0.05, 0) is 39.0 Å². The summed E-state index contributed by atoms with van der Waals surface area (Å²) in [7, 11) is 2.07. The second-order valence-electron chi connectivity index (χ2n) is 4.96. The van der Waals surface area contributed by atoms with Crippen LogP contribution in [-0.4, -0.2) is 15.8 Å². The zero-order valence-electron chi connectivity index (χ0n) is 9.58. The maximum absolute atomic E-state index is 4.55. The van der Waals surface area contributed by atoms with E-state index >= 15 is 0 Å². The molecule has 0 saturated heterocycles. The predicted octanol–water partition coefficient (Wildman–Crippen LogP) is 1.86. The predicted molar refractivity (Wildman–Crippen MR) is 59.8 cm³/mol. The molecule has 82 valence electrons. The number of hydrogen-bond acceptors (Lipinski definition) is 2. The molecule has 3 rings (SSSR count). The van der Waals surface area contributed by atoms with E-state index in [1.807, 2.05) is 0 Å². The van der Waals surface area contributed by atoms with Crippen molar-refractivity contribution < 1.29 is 0 Å². The lowest BCUT2D eigenvalue weighted by Gasteiger charge is -2.24. The maximum Gasteiger partial charge on any atom is 0.0644 e. The van der Waals surface area contributed by atoms with Gasteiger partial charge in [-0.1, -0.05) is 0 Å². The summed E-state index contributed by atoms with van der Waals surface area (Å²) in [6.07, 6.45) is 6.53. The third kappa shape index (κ3) is 1.59. The van der Waals surface area contributed by atoms with Gasteiger partial charge in [0.1, 0.15) is 0 Å². The minimum absolute atomic E-state index is 0.579. The highest BCUT2D eigenvalue weighted by Crippen LogP contribution is 2.34. The lowest BCUT2D eigenvalue weighted by molar-refractivity contribution is 0.449. The molecule has 0 radical (unpaired) electrons. The first kappa shape index (κ1) is 9.40. The zero-order valence-corrected chi connectivity index (χ0v) is 9.58. The molecule has 1 fully saturated rings. The Bertz CT molecular complexity index is 376. The smallest absolute Gasteiger partial charge is 0.0644 e. The number of nitrogens with zero attached hydrogens (tertiary/aromatic N) is 2. The lowest BCUT2D eigenvalue weighted by atomic mass is 9.91. The van der Waals surface area contributed by atoms with Gasteiger partial charge in [0, 0.05) is 30.4 Å². The van der Waals surface area contributed by atoms with Gasteiger partial charge in [-0.2, -0.15) is 5.10 Å². The van der Waals surface area contributed by atoms with Crippen LogP contribution in [0.25, 0.3) is 0 Å². The van der Waals surface area contributed by atoms with Crippen molar-refractivity contribution in [3.05, 3.63) is 17.0 Å². The molecule has 1 aromatic rings. The van der Waals surface area contributed by atoms with E-state index in [4.69, 9.17) is 0 Å². The molecule has 0 aromatic carbocycles. The summed E-state index contributed by atoms with van der Waals surface area (Å²) in [4.78, 5) is 0. The van der Waals surface area contributed by atoms with E-state index in [0.717, 1.165) is 6.04 Å². The lowest BCUT2D eigenvalue weighted by Crippen LogP contribution is -2.27. The molecule has 1 N–H and O–H groups in total. The summed E-state index contributed by atoms with van der Waals surface area (Å²) in [5, 5.41) is 8.30. The summed E-state index contributed by atoms with van der Waals surface area (Å²) < 4.78 is 2.07. The van der Waals surface area contributed by atoms with Gasteiger partial charge < -0.3 is 5.32 Å². The molecular formula is C12H19N3. The largest absolute Gasteiger partial charge is 0.307 e. The van der Waals surface area contributed by atoms with Crippen molar-refractivity contribution >= 4 is 0 Å². The first-order valence-electron chi connectivity index (χ1n) is 6.04. The summed E-state index contributed by atoms with van der Waals surface area (Å²) in [5.41, 5.74) is 4.18. The zero-order chi connectivity index (χ0) is 10.4. The van der Waals surface area contributed by atoms with E-state index in [1.165, 1.54) is 49.1 Å². The molecule has 1 aromatic heterocycles. The fourth-order valence-corrected chi connectivity index (χ4v) is 2.79. The Kier molecular flexibility index (Phi) is 2.09. The topological polar surface area (TPSA) is 29.9 Å². The summed E-state index contributed by atoms with van der Waals surface area (Å²) in [5.74, 6) is 0. The van der Waals surface area contributed by atoms with Crippen molar-refractivity contribution in [1.29, 1.82) is 0 Å². The quantitative estimate of drug-likeness (QED) is 0.798. The second-order valence-corrected chi connectivity index (χ2v) is 4.96. The van der Waals surface area contributed by atoms with Crippen LogP contribution in [0.15, 0.2) is 0 Å². The number of rotatable bonds is 2. The highest BCUT2D eigenvalue weighted by molar-refractivity contribution is 5.31. The van der Waals surface area contributed by atoms with Gasteiger partial charge in [-0.3, -0.25) is 4.68 Å². The first-order valence-corrected chi connectivity index (χ1v) is 6.04. The molecule has 2 aliphatic carbocycles. The van der Waals surface area contributed by atoms with E-state index < -0.39 is 0 Å². The SMILES string of the molecule is Cc1nn(C)c2c1C(NC1CC1)CCC2. The van der Waals surface area contributed by atoms with Crippen molar-refractivity contribution in [3.8, 4) is 0 Å². The minimum Gasteiger partial charge on any atom is -0.307 e. The normalized spacial score (nSPS) is 25.3. The summed E-state index contributed by atoms with van der Waals surface area (Å²) in [6.45, 7) is 2.14. The molecular weight excluding hydrogens is 186 g/mol. The highest BCUT2D eigenvalue weighted by atomic mass is 15.3. The van der Waals surface area contributed by atoms with Crippen molar-refractivity contribution in [3.63, 3.8) is 0 Å². The number of fused-ring (bicyclic) bond motifs is 1. The van der Waals surface area contributed by atoms with Crippen LogP contribution in [0, 0.1) is 6.92 Å². The Morgan fingerprint density at radius 1 is 1.33 bits per heavy atom. The van der Waals surface area contributed by atoms with E-state index in [2.05, 4.69) is 29.1 Å². The molecule has 3 nitrogen and oxygen atoms in total. The molecule has 1 saturated carbocycles. The Hall–Kier alpha value is -0.830. The molecule has 1 heterocycles. The van der Waals surface area contributed by atoms with Gasteiger partial charge in [-0.15, -0.1) is 0 Å². The molecule has 15 heavy (non-hydrogen) atoms. The number of hydrogen-bond donors (Lipinski definition) is 1. The Balaban J connectivity index is 1.93. The summed E-state index contributed by atoms with van der Waals surface area (Å²) in [6, 6.07) is 1.37. The second kappa shape index (κ2) is 3.34. The molecule has 1 atom stereocenters. The average molecular weight is 205 g/mol. The van der Waals surface area contributed by atoms with Crippen LogP contribution in [0.5, 0.6) is 0 Å². The fraction of sp³-hybridized carbons (Fsp3) is 0.750. The average Bonchev–Trinajstić information content (AvgIpc) is 2.96. The summed E-state index contributed by atoms with van der Waals surface area (Å²) >= 11 is 0. The molecule has 0 amide bonds. The van der Waals surface area contributed by atoms with Gasteiger partial charge in [0.2, 0.25) is 0 Å². The Labute approximate surface area is 90.9 Å². The standard InChI is InChI=1S/C12H19N3/c1-8-12-10(13-9-6-7-9)4-3-5-11(12)15(2)14-8/h9-10,13H,3-7H2,1-2H3. The van der Waals surface area contributed by atoms with Crippen molar-refractivity contribution in [2.24, 2.45) is 7.05 Å². The number of nitrogens with one attached hydrogen (secondary N) is 1. The number of aryl methyl sites for hydroxylation is 2. The van der Waals surface area contributed by atoms with Gasteiger partial charge >= 0.3 is 0 Å². The molecule has 3 heteroatoms.